The molecule has 0 saturated carbocycles. The van der Waals surface area contributed by atoms with Gasteiger partial charge in [-0.3, -0.25) is 4.79 Å². The molecule has 1 saturated heterocycles. The van der Waals surface area contributed by atoms with Gasteiger partial charge in [0.1, 0.15) is 5.82 Å². The number of nitrogens with zero attached hydrogens (tertiary/aromatic N) is 3. The molecule has 1 unspecified atom stereocenters. The Morgan fingerprint density at radius 2 is 2.56 bits per heavy atom. The Morgan fingerprint density at radius 1 is 1.72 bits per heavy atom. The molecule has 1 N–H and O–H groups in total. The van der Waals surface area contributed by atoms with Crippen LogP contribution in [0.25, 0.3) is 0 Å². The first kappa shape index (κ1) is 12.3. The molecule has 6 nitrogen and oxygen atoms in total. The average Bonchev–Trinajstić information content (AvgIpc) is 2.46. The van der Waals surface area contributed by atoms with Crippen molar-refractivity contribution in [2.75, 3.05) is 32.1 Å². The molecule has 0 bridgehead atoms. The van der Waals surface area contributed by atoms with Gasteiger partial charge in [-0.1, -0.05) is 0 Å². The summed E-state index contributed by atoms with van der Waals surface area (Å²) >= 11 is 0. The van der Waals surface area contributed by atoms with E-state index in [2.05, 4.69) is 10.3 Å². The molecule has 2 rings (SSSR count). The highest BCUT2D eigenvalue weighted by atomic mass is 16.5. The fourth-order valence-corrected chi connectivity index (χ4v) is 1.86. The Morgan fingerprint density at radius 3 is 3.28 bits per heavy atom. The third-order valence-electron chi connectivity index (χ3n) is 2.77. The maximum absolute atomic E-state index is 12.3. The monoisotopic (exact) mass is 246 g/mol. The number of carbonyl (C=O) groups is 1. The number of morpholine rings is 1. The van der Waals surface area contributed by atoms with Crippen LogP contribution in [0.15, 0.2) is 18.3 Å². The SMILES string of the molecule is CNc1ncccc1C(=O)N1CCOC(C#N)C1. The minimum absolute atomic E-state index is 0.129. The standard InChI is InChI=1S/C12H14N4O2/c1-14-11-10(3-2-4-15-11)12(17)16-5-6-18-9(7-13)8-16/h2-4,9H,5-6,8H2,1H3,(H,14,15). The van der Waals surface area contributed by atoms with E-state index in [1.165, 1.54) is 0 Å². The molecule has 1 fully saturated rings. The zero-order chi connectivity index (χ0) is 13.0. The van der Waals surface area contributed by atoms with E-state index >= 15 is 0 Å². The van der Waals surface area contributed by atoms with Gasteiger partial charge in [-0.05, 0) is 12.1 Å². The topological polar surface area (TPSA) is 78.2 Å². The molecule has 1 atom stereocenters. The second-order valence-corrected chi connectivity index (χ2v) is 3.89. The third kappa shape index (κ3) is 2.41. The molecule has 1 aliphatic heterocycles. The van der Waals surface area contributed by atoms with Crippen molar-refractivity contribution in [1.29, 1.82) is 5.26 Å². The van der Waals surface area contributed by atoms with Crippen molar-refractivity contribution in [2.24, 2.45) is 0 Å². The molecule has 0 radical (unpaired) electrons. The lowest BCUT2D eigenvalue weighted by Gasteiger charge is -2.30. The van der Waals surface area contributed by atoms with Crippen LogP contribution in [-0.2, 0) is 4.74 Å². The minimum atomic E-state index is -0.544. The second-order valence-electron chi connectivity index (χ2n) is 3.89. The van der Waals surface area contributed by atoms with Gasteiger partial charge in [0.05, 0.1) is 24.8 Å². The molecule has 18 heavy (non-hydrogen) atoms. The van der Waals surface area contributed by atoms with E-state index in [9.17, 15) is 4.79 Å². The first-order valence-electron chi connectivity index (χ1n) is 5.69. The molecule has 2 heterocycles. The number of anilines is 1. The number of hydrogen-bond acceptors (Lipinski definition) is 5. The lowest BCUT2D eigenvalue weighted by Crippen LogP contribution is -2.45. The number of carbonyl (C=O) groups excluding carboxylic acids is 1. The Kier molecular flexibility index (Phi) is 3.75. The molecular weight excluding hydrogens is 232 g/mol. The zero-order valence-electron chi connectivity index (χ0n) is 10.1. The van der Waals surface area contributed by atoms with Crippen LogP contribution in [0, 0.1) is 11.3 Å². The number of rotatable bonds is 2. The van der Waals surface area contributed by atoms with Crippen molar-refractivity contribution in [1.82, 2.24) is 9.88 Å². The molecule has 94 valence electrons. The van der Waals surface area contributed by atoms with Crippen LogP contribution in [0.2, 0.25) is 0 Å². The summed E-state index contributed by atoms with van der Waals surface area (Å²) in [6.07, 6.45) is 1.08. The predicted molar refractivity (Wildman–Crippen MR) is 65.0 cm³/mol. The van der Waals surface area contributed by atoms with Crippen molar-refractivity contribution in [2.45, 2.75) is 6.10 Å². The normalized spacial score (nSPS) is 19.1. The Labute approximate surface area is 105 Å². The van der Waals surface area contributed by atoms with Crippen molar-refractivity contribution in [3.8, 4) is 6.07 Å². The smallest absolute Gasteiger partial charge is 0.257 e. The molecule has 1 aromatic heterocycles. The number of nitrogens with one attached hydrogen (secondary N) is 1. The van der Waals surface area contributed by atoms with Gasteiger partial charge in [-0.15, -0.1) is 0 Å². The van der Waals surface area contributed by atoms with Crippen molar-refractivity contribution in [3.63, 3.8) is 0 Å². The van der Waals surface area contributed by atoms with Gasteiger partial charge >= 0.3 is 0 Å². The maximum atomic E-state index is 12.3. The highest BCUT2D eigenvalue weighted by Crippen LogP contribution is 2.15. The van der Waals surface area contributed by atoms with E-state index in [0.29, 0.717) is 31.1 Å². The lowest BCUT2D eigenvalue weighted by atomic mass is 10.2. The summed E-state index contributed by atoms with van der Waals surface area (Å²) in [6, 6.07) is 5.46. The summed E-state index contributed by atoms with van der Waals surface area (Å²) in [7, 11) is 1.72. The van der Waals surface area contributed by atoms with Gasteiger partial charge in [0, 0.05) is 19.8 Å². The first-order valence-corrected chi connectivity index (χ1v) is 5.69. The maximum Gasteiger partial charge on any atom is 0.257 e. The van der Waals surface area contributed by atoms with E-state index in [1.54, 1.807) is 30.3 Å². The van der Waals surface area contributed by atoms with Gasteiger partial charge in [0.25, 0.3) is 5.91 Å². The minimum Gasteiger partial charge on any atom is -0.372 e. The summed E-state index contributed by atoms with van der Waals surface area (Å²) in [5.74, 6) is 0.415. The van der Waals surface area contributed by atoms with Gasteiger partial charge in [0.15, 0.2) is 6.10 Å². The van der Waals surface area contributed by atoms with Gasteiger partial charge in [-0.25, -0.2) is 4.98 Å². The van der Waals surface area contributed by atoms with E-state index in [1.807, 2.05) is 6.07 Å². The van der Waals surface area contributed by atoms with Crippen LogP contribution in [0.5, 0.6) is 0 Å². The molecule has 0 aromatic carbocycles. The van der Waals surface area contributed by atoms with Gasteiger partial charge < -0.3 is 15.0 Å². The van der Waals surface area contributed by atoms with Crippen LogP contribution in [0.3, 0.4) is 0 Å². The van der Waals surface area contributed by atoms with Crippen molar-refractivity contribution < 1.29 is 9.53 Å². The third-order valence-corrected chi connectivity index (χ3v) is 2.77. The largest absolute Gasteiger partial charge is 0.372 e. The number of amides is 1. The number of ether oxygens (including phenoxy) is 1. The summed E-state index contributed by atoms with van der Waals surface area (Å²) in [4.78, 5) is 18.0. The Bertz CT molecular complexity index is 483. The van der Waals surface area contributed by atoms with Crippen LogP contribution < -0.4 is 5.32 Å². The van der Waals surface area contributed by atoms with E-state index in [0.717, 1.165) is 0 Å². The fourth-order valence-electron chi connectivity index (χ4n) is 1.86. The first-order chi connectivity index (χ1) is 8.76. The fraction of sp³-hybridized carbons (Fsp3) is 0.417. The van der Waals surface area contributed by atoms with Crippen LogP contribution in [0.1, 0.15) is 10.4 Å². The molecule has 0 spiro atoms. The molecule has 6 heteroatoms. The van der Waals surface area contributed by atoms with Crippen molar-refractivity contribution in [3.05, 3.63) is 23.9 Å². The van der Waals surface area contributed by atoms with E-state index in [-0.39, 0.29) is 5.91 Å². The molecular formula is C12H14N4O2. The quantitative estimate of drug-likeness (QED) is 0.821. The Balaban J connectivity index is 2.18. The van der Waals surface area contributed by atoms with Gasteiger partial charge in [0.2, 0.25) is 0 Å². The van der Waals surface area contributed by atoms with Crippen LogP contribution >= 0.6 is 0 Å². The molecule has 1 aliphatic rings. The van der Waals surface area contributed by atoms with Gasteiger partial charge in [-0.2, -0.15) is 5.26 Å². The predicted octanol–water partition coefficient (Wildman–Crippen LogP) is 0.488. The van der Waals surface area contributed by atoms with Crippen molar-refractivity contribution >= 4 is 11.7 Å². The average molecular weight is 246 g/mol. The lowest BCUT2D eigenvalue weighted by molar-refractivity contribution is 0.00349. The summed E-state index contributed by atoms with van der Waals surface area (Å²) in [5, 5.41) is 11.7. The van der Waals surface area contributed by atoms with E-state index < -0.39 is 6.10 Å². The summed E-state index contributed by atoms with van der Waals surface area (Å²) < 4.78 is 5.21. The van der Waals surface area contributed by atoms with Crippen LogP contribution in [-0.4, -0.2) is 48.6 Å². The number of nitriles is 1. The molecule has 1 aromatic rings. The highest BCUT2D eigenvalue weighted by molar-refractivity contribution is 5.98. The summed E-state index contributed by atoms with van der Waals surface area (Å²) in [5.41, 5.74) is 0.513. The number of pyridine rings is 1. The highest BCUT2D eigenvalue weighted by Gasteiger charge is 2.26. The summed E-state index contributed by atoms with van der Waals surface area (Å²) in [6.45, 7) is 1.18. The number of aromatic nitrogens is 1. The van der Waals surface area contributed by atoms with Crippen LogP contribution in [0.4, 0.5) is 5.82 Å². The molecule has 1 amide bonds. The zero-order valence-corrected chi connectivity index (χ0v) is 10.1. The molecule has 0 aliphatic carbocycles. The Hall–Kier alpha value is -2.13. The number of hydrogen-bond donors (Lipinski definition) is 1. The van der Waals surface area contributed by atoms with E-state index in [4.69, 9.17) is 10.00 Å². The second kappa shape index (κ2) is 5.47.